The smallest absolute Gasteiger partial charge is 0.213 e. The number of nitrogens with one attached hydrogen (secondary N) is 1. The van der Waals surface area contributed by atoms with Crippen molar-refractivity contribution in [2.45, 2.75) is 13.5 Å². The van der Waals surface area contributed by atoms with Crippen molar-refractivity contribution in [3.8, 4) is 0 Å². The van der Waals surface area contributed by atoms with E-state index in [1.54, 1.807) is 18.6 Å². The maximum absolute atomic E-state index is 5.34. The van der Waals surface area contributed by atoms with Crippen LogP contribution >= 0.6 is 15.9 Å². The van der Waals surface area contributed by atoms with Crippen molar-refractivity contribution in [1.82, 2.24) is 9.97 Å². The van der Waals surface area contributed by atoms with E-state index in [1.165, 1.54) is 0 Å². The van der Waals surface area contributed by atoms with E-state index in [0.29, 0.717) is 12.4 Å². The normalized spacial score (nSPS) is 10.3. The SMILES string of the molecule is Cc1cnc(CNc2ccncc2Br)o1. The van der Waals surface area contributed by atoms with Crippen molar-refractivity contribution < 1.29 is 4.42 Å². The molecule has 2 heterocycles. The molecule has 0 aliphatic rings. The lowest BCUT2D eigenvalue weighted by Crippen LogP contribution is -2.00. The van der Waals surface area contributed by atoms with Crippen molar-refractivity contribution in [2.24, 2.45) is 0 Å². The topological polar surface area (TPSA) is 51.0 Å². The summed E-state index contributed by atoms with van der Waals surface area (Å²) in [5, 5.41) is 3.20. The van der Waals surface area contributed by atoms with Gasteiger partial charge < -0.3 is 9.73 Å². The highest BCUT2D eigenvalue weighted by molar-refractivity contribution is 9.10. The van der Waals surface area contributed by atoms with Gasteiger partial charge in [-0.15, -0.1) is 0 Å². The van der Waals surface area contributed by atoms with Crippen molar-refractivity contribution >= 4 is 21.6 Å². The van der Waals surface area contributed by atoms with Gasteiger partial charge in [0.2, 0.25) is 5.89 Å². The van der Waals surface area contributed by atoms with Gasteiger partial charge in [0.05, 0.1) is 22.9 Å². The summed E-state index contributed by atoms with van der Waals surface area (Å²) in [6, 6.07) is 1.89. The van der Waals surface area contributed by atoms with Crippen LogP contribution in [0.4, 0.5) is 5.69 Å². The number of oxazole rings is 1. The first-order valence-corrected chi connectivity index (χ1v) is 5.29. The molecule has 0 fully saturated rings. The Bertz CT molecular complexity index is 455. The molecule has 2 rings (SSSR count). The molecule has 0 aliphatic heterocycles. The number of hydrogen-bond acceptors (Lipinski definition) is 4. The summed E-state index contributed by atoms with van der Waals surface area (Å²) < 4.78 is 6.26. The van der Waals surface area contributed by atoms with Crippen LogP contribution in [0.5, 0.6) is 0 Å². The molecule has 5 heteroatoms. The lowest BCUT2D eigenvalue weighted by atomic mass is 10.4. The van der Waals surface area contributed by atoms with Gasteiger partial charge in [-0.25, -0.2) is 4.98 Å². The van der Waals surface area contributed by atoms with E-state index in [0.717, 1.165) is 15.9 Å². The Morgan fingerprint density at radius 3 is 3.00 bits per heavy atom. The van der Waals surface area contributed by atoms with Crippen LogP contribution < -0.4 is 5.32 Å². The highest BCUT2D eigenvalue weighted by atomic mass is 79.9. The minimum absolute atomic E-state index is 0.566. The third-order valence-electron chi connectivity index (χ3n) is 1.87. The summed E-state index contributed by atoms with van der Waals surface area (Å²) in [4.78, 5) is 8.08. The van der Waals surface area contributed by atoms with Crippen molar-refractivity contribution in [2.75, 3.05) is 5.32 Å². The average molecular weight is 268 g/mol. The van der Waals surface area contributed by atoms with Crippen molar-refractivity contribution in [3.63, 3.8) is 0 Å². The molecule has 4 nitrogen and oxygen atoms in total. The van der Waals surface area contributed by atoms with Crippen LogP contribution in [0.2, 0.25) is 0 Å². The molecule has 0 amide bonds. The van der Waals surface area contributed by atoms with E-state index in [1.807, 2.05) is 13.0 Å². The molecule has 0 aromatic carbocycles. The van der Waals surface area contributed by atoms with Crippen LogP contribution in [-0.2, 0) is 6.54 Å². The lowest BCUT2D eigenvalue weighted by Gasteiger charge is -2.04. The quantitative estimate of drug-likeness (QED) is 0.929. The Morgan fingerprint density at radius 1 is 1.47 bits per heavy atom. The predicted octanol–water partition coefficient (Wildman–Crippen LogP) is 2.75. The minimum Gasteiger partial charge on any atom is -0.444 e. The monoisotopic (exact) mass is 267 g/mol. The molecule has 0 radical (unpaired) electrons. The molecule has 0 spiro atoms. The molecular weight excluding hydrogens is 258 g/mol. The number of nitrogens with zero attached hydrogens (tertiary/aromatic N) is 2. The fourth-order valence-electron chi connectivity index (χ4n) is 1.17. The van der Waals surface area contributed by atoms with Crippen LogP contribution in [-0.4, -0.2) is 9.97 Å². The number of aryl methyl sites for hydroxylation is 1. The summed E-state index contributed by atoms with van der Waals surface area (Å²) in [5.41, 5.74) is 0.973. The van der Waals surface area contributed by atoms with Gasteiger partial charge in [-0.05, 0) is 28.9 Å². The molecule has 78 valence electrons. The molecule has 15 heavy (non-hydrogen) atoms. The molecule has 2 aromatic heterocycles. The summed E-state index contributed by atoms with van der Waals surface area (Å²) in [6.07, 6.45) is 5.18. The van der Waals surface area contributed by atoms with Gasteiger partial charge >= 0.3 is 0 Å². The largest absolute Gasteiger partial charge is 0.444 e. The van der Waals surface area contributed by atoms with E-state index >= 15 is 0 Å². The predicted molar refractivity (Wildman–Crippen MR) is 60.5 cm³/mol. The van der Waals surface area contributed by atoms with Gasteiger partial charge in [-0.1, -0.05) is 0 Å². The lowest BCUT2D eigenvalue weighted by molar-refractivity contribution is 0.479. The number of hydrogen-bond donors (Lipinski definition) is 1. The van der Waals surface area contributed by atoms with E-state index in [2.05, 4.69) is 31.2 Å². The fraction of sp³-hybridized carbons (Fsp3) is 0.200. The van der Waals surface area contributed by atoms with Gasteiger partial charge in [0.15, 0.2) is 0 Å². The Kier molecular flexibility index (Phi) is 3.01. The molecule has 0 bridgehead atoms. The van der Waals surface area contributed by atoms with Crippen LogP contribution in [0.3, 0.4) is 0 Å². The maximum Gasteiger partial charge on any atom is 0.213 e. The Hall–Kier alpha value is -1.36. The third kappa shape index (κ3) is 2.56. The zero-order chi connectivity index (χ0) is 10.7. The number of aromatic nitrogens is 2. The highest BCUT2D eigenvalue weighted by Crippen LogP contribution is 2.20. The number of anilines is 1. The van der Waals surface area contributed by atoms with Crippen molar-refractivity contribution in [1.29, 1.82) is 0 Å². The Balaban J connectivity index is 2.02. The van der Waals surface area contributed by atoms with E-state index in [4.69, 9.17) is 4.42 Å². The van der Waals surface area contributed by atoms with Gasteiger partial charge in [-0.2, -0.15) is 0 Å². The molecule has 0 atom stereocenters. The van der Waals surface area contributed by atoms with Crippen LogP contribution in [0, 0.1) is 6.92 Å². The van der Waals surface area contributed by atoms with Crippen molar-refractivity contribution in [3.05, 3.63) is 40.8 Å². The minimum atomic E-state index is 0.566. The number of rotatable bonds is 3. The summed E-state index contributed by atoms with van der Waals surface area (Å²) in [7, 11) is 0. The average Bonchev–Trinajstić information content (AvgIpc) is 2.63. The summed E-state index contributed by atoms with van der Waals surface area (Å²) >= 11 is 3.40. The standard InChI is InChI=1S/C10H10BrN3O/c1-7-4-14-10(15-7)6-13-9-2-3-12-5-8(9)11/h2-5H,6H2,1H3,(H,12,13). The maximum atomic E-state index is 5.34. The molecule has 2 aromatic rings. The van der Waals surface area contributed by atoms with Gasteiger partial charge in [0.1, 0.15) is 5.76 Å². The van der Waals surface area contributed by atoms with Crippen LogP contribution in [0.1, 0.15) is 11.7 Å². The first-order chi connectivity index (χ1) is 7.25. The molecule has 0 saturated heterocycles. The molecule has 0 saturated carbocycles. The summed E-state index contributed by atoms with van der Waals surface area (Å²) in [6.45, 7) is 2.44. The number of pyridine rings is 1. The molecular formula is C10H10BrN3O. The summed E-state index contributed by atoms with van der Waals surface area (Å²) in [5.74, 6) is 1.50. The second-order valence-electron chi connectivity index (χ2n) is 3.07. The molecule has 0 aliphatic carbocycles. The van der Waals surface area contributed by atoms with Crippen LogP contribution in [0.15, 0.2) is 33.5 Å². The fourth-order valence-corrected chi connectivity index (χ4v) is 1.56. The van der Waals surface area contributed by atoms with Gasteiger partial charge in [-0.3, -0.25) is 4.98 Å². The Morgan fingerprint density at radius 2 is 2.33 bits per heavy atom. The first-order valence-electron chi connectivity index (χ1n) is 4.50. The van der Waals surface area contributed by atoms with Gasteiger partial charge in [0.25, 0.3) is 0 Å². The molecule has 0 unspecified atom stereocenters. The van der Waals surface area contributed by atoms with Crippen LogP contribution in [0.25, 0.3) is 0 Å². The van der Waals surface area contributed by atoms with E-state index in [-0.39, 0.29) is 0 Å². The Labute approximate surface area is 95.9 Å². The second-order valence-corrected chi connectivity index (χ2v) is 3.93. The van der Waals surface area contributed by atoms with E-state index in [9.17, 15) is 0 Å². The highest BCUT2D eigenvalue weighted by Gasteiger charge is 2.02. The molecule has 1 N–H and O–H groups in total. The second kappa shape index (κ2) is 4.44. The first kappa shape index (κ1) is 10.2. The zero-order valence-electron chi connectivity index (χ0n) is 8.20. The number of halogens is 1. The zero-order valence-corrected chi connectivity index (χ0v) is 9.78. The van der Waals surface area contributed by atoms with E-state index < -0.39 is 0 Å². The van der Waals surface area contributed by atoms with Gasteiger partial charge in [0, 0.05) is 12.4 Å². The third-order valence-corrected chi connectivity index (χ3v) is 2.50.